The number of carboxylic acid groups (broad SMARTS) is 1. The summed E-state index contributed by atoms with van der Waals surface area (Å²) in [6, 6.07) is 28.4. The van der Waals surface area contributed by atoms with Gasteiger partial charge in [-0.05, 0) is 86.0 Å². The van der Waals surface area contributed by atoms with Crippen molar-refractivity contribution in [3.8, 4) is 17.0 Å². The fourth-order valence-electron chi connectivity index (χ4n) is 8.48. The van der Waals surface area contributed by atoms with Crippen molar-refractivity contribution < 1.29 is 33.8 Å². The van der Waals surface area contributed by atoms with E-state index >= 15 is 0 Å². The molecule has 17 heteroatoms. The number of fused-ring (bicyclic) bond motifs is 2. The zero-order chi connectivity index (χ0) is 48.7. The first-order valence-corrected chi connectivity index (χ1v) is 23.2. The number of amides is 4. The molecule has 69 heavy (non-hydrogen) atoms. The van der Waals surface area contributed by atoms with Crippen molar-refractivity contribution in [2.24, 2.45) is 11.5 Å². The van der Waals surface area contributed by atoms with Gasteiger partial charge in [-0.25, -0.2) is 4.98 Å². The van der Waals surface area contributed by atoms with Crippen LogP contribution in [0, 0.1) is 0 Å². The quantitative estimate of drug-likeness (QED) is 0.0353. The van der Waals surface area contributed by atoms with E-state index in [0.717, 1.165) is 38.5 Å². The lowest BCUT2D eigenvalue weighted by Gasteiger charge is -2.24. The molecule has 0 fully saturated rings. The molecule has 4 aromatic carbocycles. The Morgan fingerprint density at radius 1 is 0.739 bits per heavy atom. The molecule has 0 aliphatic rings. The fourth-order valence-corrected chi connectivity index (χ4v) is 8.48. The van der Waals surface area contributed by atoms with E-state index in [9.17, 15) is 29.1 Å². The fraction of sp³-hybridized carbons (Fsp3) is 0.308. The van der Waals surface area contributed by atoms with E-state index in [1.54, 1.807) is 31.6 Å². The van der Waals surface area contributed by atoms with Gasteiger partial charge in [0, 0.05) is 65.3 Å². The molecule has 3 aromatic heterocycles. The molecule has 0 unspecified atom stereocenters. The first-order chi connectivity index (χ1) is 33.5. The molecule has 7 rings (SSSR count). The first-order valence-electron chi connectivity index (χ1n) is 23.2. The number of rotatable bonds is 25. The van der Waals surface area contributed by atoms with Gasteiger partial charge in [0.2, 0.25) is 23.6 Å². The number of carbonyl (C=O) groups is 5. The van der Waals surface area contributed by atoms with Crippen molar-refractivity contribution in [2.75, 3.05) is 20.2 Å². The normalized spacial score (nSPS) is 13.0. The van der Waals surface area contributed by atoms with Gasteiger partial charge < -0.3 is 57.1 Å². The molecule has 0 radical (unpaired) electrons. The molecule has 360 valence electrons. The number of aromatic amines is 2. The lowest BCUT2D eigenvalue weighted by atomic mass is 10.0. The first kappa shape index (κ1) is 49.2. The summed E-state index contributed by atoms with van der Waals surface area (Å²) in [6.07, 6.45) is 7.70. The number of H-pyrrole nitrogens is 2. The van der Waals surface area contributed by atoms with Crippen LogP contribution in [-0.4, -0.2) is 92.5 Å². The van der Waals surface area contributed by atoms with Crippen molar-refractivity contribution in [1.82, 2.24) is 40.8 Å². The number of aliphatic carboxylic acids is 1. The van der Waals surface area contributed by atoms with E-state index in [4.69, 9.17) is 21.2 Å². The number of methoxy groups -OCH3 is 1. The minimum absolute atomic E-state index is 0.0235. The van der Waals surface area contributed by atoms with Crippen LogP contribution in [0.2, 0.25) is 0 Å². The molecule has 4 amide bonds. The highest BCUT2D eigenvalue weighted by atomic mass is 16.5. The predicted octanol–water partition coefficient (Wildman–Crippen LogP) is 4.81. The maximum Gasteiger partial charge on any atom is 0.323 e. The standard InChI is InChI=1S/C52H60N10O7/c1-69-37-16-11-15-34(26-37)46-31-62(32-48(64)65)49(59-46)44(25-33-13-3-2-4-14-33)58-47(63)22-12-24-55-51(67)43(21-9-10-23-53)60-52(68)45(28-36-30-57-42-20-8-6-18-39(36)42)61-50(66)40(54)27-35-29-56-41-19-7-5-17-38(35)41/h2-8,11,13-20,26,29-31,40,43-45,56-57H,9-10,12,21-25,27-28,32,53-54H2,1H3,(H,55,67)(H,58,63)(H,60,68)(H,61,66)(H,64,65)/t40-,43-,44-,45+/m0/s1. The maximum atomic E-state index is 14.3. The molecule has 3 heterocycles. The number of nitrogens with zero attached hydrogens (tertiary/aromatic N) is 2. The summed E-state index contributed by atoms with van der Waals surface area (Å²) in [4.78, 5) is 78.9. The number of imidazole rings is 1. The van der Waals surface area contributed by atoms with Crippen LogP contribution in [-0.2, 0) is 49.8 Å². The Balaban J connectivity index is 1.01. The summed E-state index contributed by atoms with van der Waals surface area (Å²) in [5.74, 6) is -1.94. The Kier molecular flexibility index (Phi) is 17.0. The summed E-state index contributed by atoms with van der Waals surface area (Å²) >= 11 is 0. The molecule has 11 N–H and O–H groups in total. The predicted molar refractivity (Wildman–Crippen MR) is 264 cm³/mol. The molecule has 7 aromatic rings. The maximum absolute atomic E-state index is 14.3. The summed E-state index contributed by atoms with van der Waals surface area (Å²) in [5.41, 5.74) is 17.9. The van der Waals surface area contributed by atoms with Crippen LogP contribution in [0.25, 0.3) is 33.1 Å². The number of nitrogens with two attached hydrogens (primary N) is 2. The van der Waals surface area contributed by atoms with Gasteiger partial charge in [-0.2, -0.15) is 0 Å². The van der Waals surface area contributed by atoms with Crippen LogP contribution in [0.15, 0.2) is 122 Å². The number of unbranched alkanes of at least 4 members (excludes halogenated alkanes) is 1. The molecule has 0 bridgehead atoms. The van der Waals surface area contributed by atoms with Gasteiger partial charge in [0.15, 0.2) is 0 Å². The third-order valence-electron chi connectivity index (χ3n) is 12.1. The Morgan fingerprint density at radius 3 is 2.09 bits per heavy atom. The number of hydrogen-bond acceptors (Lipinski definition) is 9. The van der Waals surface area contributed by atoms with Crippen LogP contribution in [0.1, 0.15) is 60.7 Å². The van der Waals surface area contributed by atoms with E-state index in [0.29, 0.717) is 48.6 Å². The number of hydrogen-bond donors (Lipinski definition) is 9. The third-order valence-corrected chi connectivity index (χ3v) is 12.1. The number of aromatic nitrogens is 4. The number of nitrogens with one attached hydrogen (secondary N) is 6. The Bertz CT molecular complexity index is 2850. The largest absolute Gasteiger partial charge is 0.497 e. The number of benzene rings is 4. The smallest absolute Gasteiger partial charge is 0.323 e. The molecule has 0 saturated heterocycles. The van der Waals surface area contributed by atoms with Gasteiger partial charge in [-0.3, -0.25) is 24.0 Å². The summed E-state index contributed by atoms with van der Waals surface area (Å²) in [7, 11) is 1.56. The number of carboxylic acids is 1. The highest BCUT2D eigenvalue weighted by Gasteiger charge is 2.30. The third kappa shape index (κ3) is 13.2. The van der Waals surface area contributed by atoms with Crippen molar-refractivity contribution >= 4 is 51.4 Å². The minimum atomic E-state index is -1.08. The van der Waals surface area contributed by atoms with E-state index < -0.39 is 47.9 Å². The van der Waals surface area contributed by atoms with Crippen molar-refractivity contribution in [2.45, 2.75) is 82.1 Å². The Hall–Kier alpha value is -7.76. The molecular formula is C52H60N10O7. The SMILES string of the molecule is COc1cccc(-c2cn(CC(=O)O)c([C@H](Cc3ccccc3)NC(=O)CCCNC(=O)[C@H](CCCCN)NC(=O)[C@@H](Cc3c[nH]c4ccccc34)NC(=O)[C@@H](N)Cc3c[nH]c4ccccc34)n2)c1. The van der Waals surface area contributed by atoms with Crippen LogP contribution in [0.5, 0.6) is 5.75 Å². The second-order valence-corrected chi connectivity index (χ2v) is 17.1. The van der Waals surface area contributed by atoms with E-state index in [2.05, 4.69) is 31.2 Å². The zero-order valence-corrected chi connectivity index (χ0v) is 38.6. The van der Waals surface area contributed by atoms with Gasteiger partial charge in [-0.15, -0.1) is 0 Å². The van der Waals surface area contributed by atoms with E-state index in [1.165, 1.54) is 4.57 Å². The zero-order valence-electron chi connectivity index (χ0n) is 38.6. The molecular weight excluding hydrogens is 877 g/mol. The van der Waals surface area contributed by atoms with Crippen molar-refractivity contribution in [3.05, 3.63) is 144 Å². The van der Waals surface area contributed by atoms with Gasteiger partial charge >= 0.3 is 5.97 Å². The van der Waals surface area contributed by atoms with Crippen LogP contribution in [0.4, 0.5) is 0 Å². The summed E-state index contributed by atoms with van der Waals surface area (Å²) in [5, 5.41) is 23.4. The summed E-state index contributed by atoms with van der Waals surface area (Å²) < 4.78 is 6.92. The number of carbonyl (C=O) groups excluding carboxylic acids is 4. The second-order valence-electron chi connectivity index (χ2n) is 17.1. The Morgan fingerprint density at radius 2 is 1.41 bits per heavy atom. The highest BCUT2D eigenvalue weighted by Crippen LogP contribution is 2.27. The van der Waals surface area contributed by atoms with Gasteiger partial charge in [0.1, 0.15) is 30.2 Å². The second kappa shape index (κ2) is 23.8. The molecule has 4 atom stereocenters. The van der Waals surface area contributed by atoms with Crippen molar-refractivity contribution in [3.63, 3.8) is 0 Å². The minimum Gasteiger partial charge on any atom is -0.497 e. The monoisotopic (exact) mass is 936 g/mol. The highest BCUT2D eigenvalue weighted by molar-refractivity contribution is 5.94. The van der Waals surface area contributed by atoms with E-state index in [-0.39, 0.29) is 51.1 Å². The molecule has 0 saturated carbocycles. The summed E-state index contributed by atoms with van der Waals surface area (Å²) in [6.45, 7) is 0.137. The van der Waals surface area contributed by atoms with Crippen LogP contribution in [0.3, 0.4) is 0 Å². The van der Waals surface area contributed by atoms with Gasteiger partial charge in [0.05, 0.1) is 24.9 Å². The lowest BCUT2D eigenvalue weighted by Crippen LogP contribution is -2.56. The number of ether oxygens (including phenoxy) is 1. The van der Waals surface area contributed by atoms with E-state index in [1.807, 2.05) is 97.2 Å². The lowest BCUT2D eigenvalue weighted by molar-refractivity contribution is -0.137. The Labute approximate surface area is 399 Å². The topological polar surface area (TPSA) is 264 Å². The average Bonchev–Trinajstić information content (AvgIpc) is 4.09. The van der Waals surface area contributed by atoms with Gasteiger partial charge in [0.25, 0.3) is 0 Å². The average molecular weight is 937 g/mol. The molecule has 17 nitrogen and oxygen atoms in total. The molecule has 0 aliphatic heterocycles. The van der Waals surface area contributed by atoms with Crippen LogP contribution >= 0.6 is 0 Å². The molecule has 0 spiro atoms. The van der Waals surface area contributed by atoms with Crippen molar-refractivity contribution in [1.29, 1.82) is 0 Å². The molecule has 0 aliphatic carbocycles. The van der Waals surface area contributed by atoms with Gasteiger partial charge in [-0.1, -0.05) is 78.9 Å². The van der Waals surface area contributed by atoms with Crippen LogP contribution < -0.4 is 37.5 Å². The number of para-hydroxylation sites is 2.